The number of ether oxygens (including phenoxy) is 1. The molecule has 184 valence electrons. The number of hydrogen-bond donors (Lipinski definition) is 3. The predicted molar refractivity (Wildman–Crippen MR) is 107 cm³/mol. The number of aromatic nitrogens is 1. The van der Waals surface area contributed by atoms with Gasteiger partial charge in [-0.2, -0.15) is 13.2 Å². The molecular formula is C20H26F5N5O3. The molecule has 2 heterocycles. The Bertz CT molecular complexity index is 869. The van der Waals surface area contributed by atoms with Gasteiger partial charge in [-0.15, -0.1) is 0 Å². The first-order chi connectivity index (χ1) is 15.4. The fourth-order valence-electron chi connectivity index (χ4n) is 4.20. The zero-order valence-electron chi connectivity index (χ0n) is 17.9. The van der Waals surface area contributed by atoms with Gasteiger partial charge in [0.2, 0.25) is 11.8 Å². The van der Waals surface area contributed by atoms with Crippen molar-refractivity contribution < 1.29 is 36.3 Å². The summed E-state index contributed by atoms with van der Waals surface area (Å²) in [5, 5.41) is 4.38. The van der Waals surface area contributed by atoms with Crippen LogP contribution in [0.3, 0.4) is 0 Å². The highest BCUT2D eigenvalue weighted by Gasteiger charge is 2.48. The van der Waals surface area contributed by atoms with E-state index in [0.717, 1.165) is 4.90 Å². The smallest absolute Gasteiger partial charge is 0.382 e. The van der Waals surface area contributed by atoms with E-state index in [0.29, 0.717) is 12.0 Å². The van der Waals surface area contributed by atoms with Crippen molar-refractivity contribution in [2.75, 3.05) is 25.6 Å². The van der Waals surface area contributed by atoms with Crippen LogP contribution in [-0.2, 0) is 9.53 Å². The van der Waals surface area contributed by atoms with Gasteiger partial charge in [0, 0.05) is 26.1 Å². The van der Waals surface area contributed by atoms with Crippen molar-refractivity contribution in [1.29, 1.82) is 0 Å². The molecule has 1 aromatic heterocycles. The summed E-state index contributed by atoms with van der Waals surface area (Å²) in [5.41, 5.74) is 6.29. The average Bonchev–Trinajstić information content (AvgIpc) is 3.12. The van der Waals surface area contributed by atoms with Gasteiger partial charge in [0.1, 0.15) is 11.9 Å². The number of carbonyl (C=O) groups excluding carboxylic acids is 2. The molecule has 1 aliphatic carbocycles. The highest BCUT2D eigenvalue weighted by atomic mass is 19.4. The standard InChI is InChI=1S/C20H26F5N5O3/c1-33-10-13(30-9-14(20(23,24)25)28-18(30)32)11-4-6-27-15(7-11)29-17(31)16(26)12-3-2-5-19(21,22)8-12/h4,6-7,12-14,16H,2-3,5,8-10,26H2,1H3,(H,28,32)(H,27,29,31)/t12-,13+,14-,16-/m0/s1. The number of hydrogen-bond acceptors (Lipinski definition) is 5. The van der Waals surface area contributed by atoms with Gasteiger partial charge in [-0.25, -0.2) is 18.6 Å². The zero-order chi connectivity index (χ0) is 24.4. The van der Waals surface area contributed by atoms with Crippen LogP contribution in [0.2, 0.25) is 0 Å². The minimum absolute atomic E-state index is 0.0311. The third-order valence-electron chi connectivity index (χ3n) is 5.94. The van der Waals surface area contributed by atoms with E-state index < -0.39 is 61.0 Å². The van der Waals surface area contributed by atoms with Gasteiger partial charge in [-0.1, -0.05) is 0 Å². The van der Waals surface area contributed by atoms with Crippen molar-refractivity contribution in [3.05, 3.63) is 23.9 Å². The van der Waals surface area contributed by atoms with Crippen LogP contribution in [0.4, 0.5) is 32.6 Å². The monoisotopic (exact) mass is 479 g/mol. The second-order valence-electron chi connectivity index (χ2n) is 8.37. The van der Waals surface area contributed by atoms with Gasteiger partial charge in [0.05, 0.1) is 25.2 Å². The average molecular weight is 479 g/mol. The van der Waals surface area contributed by atoms with Crippen LogP contribution in [-0.4, -0.2) is 66.3 Å². The molecule has 1 saturated heterocycles. The van der Waals surface area contributed by atoms with Crippen LogP contribution in [0.5, 0.6) is 0 Å². The Labute approximate surface area is 187 Å². The normalized spacial score (nSPS) is 24.8. The van der Waals surface area contributed by atoms with Crippen molar-refractivity contribution in [1.82, 2.24) is 15.2 Å². The van der Waals surface area contributed by atoms with Gasteiger partial charge in [0.15, 0.2) is 0 Å². The number of pyridine rings is 1. The van der Waals surface area contributed by atoms with Crippen molar-refractivity contribution in [3.63, 3.8) is 0 Å². The van der Waals surface area contributed by atoms with Crippen molar-refractivity contribution in [2.24, 2.45) is 11.7 Å². The molecule has 8 nitrogen and oxygen atoms in total. The van der Waals surface area contributed by atoms with E-state index in [1.807, 2.05) is 5.32 Å². The maximum atomic E-state index is 13.7. The molecule has 1 saturated carbocycles. The number of alkyl halides is 5. The fourth-order valence-corrected chi connectivity index (χ4v) is 4.20. The van der Waals surface area contributed by atoms with Gasteiger partial charge in [-0.3, -0.25) is 4.79 Å². The van der Waals surface area contributed by atoms with Gasteiger partial charge < -0.3 is 26.0 Å². The van der Waals surface area contributed by atoms with Crippen LogP contribution in [0.25, 0.3) is 0 Å². The van der Waals surface area contributed by atoms with E-state index in [9.17, 15) is 31.5 Å². The Morgan fingerprint density at radius 3 is 2.79 bits per heavy atom. The zero-order valence-corrected chi connectivity index (χ0v) is 17.9. The molecule has 13 heteroatoms. The molecule has 4 atom stereocenters. The number of amides is 3. The molecule has 0 spiro atoms. The summed E-state index contributed by atoms with van der Waals surface area (Å²) < 4.78 is 71.6. The van der Waals surface area contributed by atoms with E-state index >= 15 is 0 Å². The SMILES string of the molecule is COC[C@H](c1ccnc(NC(=O)[C@@H](N)[C@H]2CCCC(F)(F)C2)c1)N1C[C@@H](C(F)(F)F)NC1=O. The Morgan fingerprint density at radius 1 is 1.45 bits per heavy atom. The van der Waals surface area contributed by atoms with Crippen LogP contribution >= 0.6 is 0 Å². The largest absolute Gasteiger partial charge is 0.410 e. The molecule has 2 fully saturated rings. The highest BCUT2D eigenvalue weighted by Crippen LogP contribution is 2.38. The second kappa shape index (κ2) is 9.75. The fraction of sp³-hybridized carbons (Fsp3) is 0.650. The Kier molecular flexibility index (Phi) is 7.42. The molecule has 3 rings (SSSR count). The lowest BCUT2D eigenvalue weighted by Gasteiger charge is -2.32. The summed E-state index contributed by atoms with van der Waals surface area (Å²) in [7, 11) is 1.34. The third-order valence-corrected chi connectivity index (χ3v) is 5.94. The molecule has 1 aromatic rings. The number of anilines is 1. The maximum absolute atomic E-state index is 13.7. The first kappa shape index (κ1) is 25.1. The van der Waals surface area contributed by atoms with Crippen molar-refractivity contribution >= 4 is 17.8 Å². The van der Waals surface area contributed by atoms with Gasteiger partial charge in [0.25, 0.3) is 0 Å². The van der Waals surface area contributed by atoms with E-state index in [1.54, 1.807) is 0 Å². The van der Waals surface area contributed by atoms with Crippen molar-refractivity contribution in [3.8, 4) is 0 Å². The number of carbonyl (C=O) groups is 2. The van der Waals surface area contributed by atoms with E-state index in [2.05, 4.69) is 10.3 Å². The first-order valence-corrected chi connectivity index (χ1v) is 10.4. The molecule has 0 bridgehead atoms. The number of rotatable bonds is 7. The number of urea groups is 1. The minimum Gasteiger partial charge on any atom is -0.382 e. The molecule has 0 aromatic carbocycles. The van der Waals surface area contributed by atoms with Crippen LogP contribution < -0.4 is 16.4 Å². The summed E-state index contributed by atoms with van der Waals surface area (Å²) in [6.07, 6.45) is -3.34. The predicted octanol–water partition coefficient (Wildman–Crippen LogP) is 2.82. The molecule has 0 radical (unpaired) electrons. The summed E-state index contributed by atoms with van der Waals surface area (Å²) in [6, 6.07) is -2.10. The maximum Gasteiger partial charge on any atom is 0.410 e. The highest BCUT2D eigenvalue weighted by molar-refractivity contribution is 5.94. The van der Waals surface area contributed by atoms with E-state index in [4.69, 9.17) is 10.5 Å². The number of halogens is 5. The minimum atomic E-state index is -4.61. The molecule has 33 heavy (non-hydrogen) atoms. The Balaban J connectivity index is 1.73. The molecule has 3 amide bonds. The lowest BCUT2D eigenvalue weighted by atomic mass is 9.82. The number of nitrogens with zero attached hydrogens (tertiary/aromatic N) is 2. The van der Waals surface area contributed by atoms with E-state index in [-0.39, 0.29) is 25.3 Å². The summed E-state index contributed by atoms with van der Waals surface area (Å²) in [4.78, 5) is 29.7. The molecule has 4 N–H and O–H groups in total. The number of nitrogens with two attached hydrogens (primary N) is 1. The summed E-state index contributed by atoms with van der Waals surface area (Å²) >= 11 is 0. The Hall–Kier alpha value is -2.54. The molecular weight excluding hydrogens is 453 g/mol. The van der Waals surface area contributed by atoms with Crippen LogP contribution in [0, 0.1) is 5.92 Å². The topological polar surface area (TPSA) is 110 Å². The molecule has 0 unspecified atom stereocenters. The van der Waals surface area contributed by atoms with Gasteiger partial charge >= 0.3 is 12.2 Å². The molecule has 1 aliphatic heterocycles. The summed E-state index contributed by atoms with van der Waals surface area (Å²) in [5.74, 6) is -4.22. The van der Waals surface area contributed by atoms with Gasteiger partial charge in [-0.05, 0) is 36.5 Å². The molecule has 2 aliphatic rings. The first-order valence-electron chi connectivity index (χ1n) is 10.4. The van der Waals surface area contributed by atoms with Crippen LogP contribution in [0.1, 0.15) is 37.3 Å². The lowest BCUT2D eigenvalue weighted by Crippen LogP contribution is -2.45. The number of nitrogens with one attached hydrogen (secondary N) is 2. The van der Waals surface area contributed by atoms with Crippen molar-refractivity contribution in [2.45, 2.75) is 55.9 Å². The number of methoxy groups -OCH3 is 1. The second-order valence-corrected chi connectivity index (χ2v) is 8.37. The quantitative estimate of drug-likeness (QED) is 0.521. The Morgan fingerprint density at radius 2 is 2.18 bits per heavy atom. The lowest BCUT2D eigenvalue weighted by molar-refractivity contribution is -0.150. The van der Waals surface area contributed by atoms with Crippen LogP contribution in [0.15, 0.2) is 18.3 Å². The third kappa shape index (κ3) is 6.08. The summed E-state index contributed by atoms with van der Waals surface area (Å²) in [6.45, 7) is -0.715. The van der Waals surface area contributed by atoms with E-state index in [1.165, 1.54) is 25.4 Å².